The van der Waals surface area contributed by atoms with Crippen LogP contribution in [0.3, 0.4) is 0 Å². The summed E-state index contributed by atoms with van der Waals surface area (Å²) in [6, 6.07) is 6.80. The minimum absolute atomic E-state index is 0.0537. The van der Waals surface area contributed by atoms with E-state index in [1.165, 1.54) is 0 Å². The van der Waals surface area contributed by atoms with Crippen LogP contribution in [0, 0.1) is 5.92 Å². The number of ether oxygens (including phenoxy) is 1. The lowest BCUT2D eigenvalue weighted by Gasteiger charge is -2.24. The summed E-state index contributed by atoms with van der Waals surface area (Å²) in [5, 5.41) is 5.53. The van der Waals surface area contributed by atoms with Crippen LogP contribution in [-0.2, 0) is 22.4 Å². The number of benzene rings is 1. The maximum Gasteiger partial charge on any atom is 0.339 e. The molecule has 0 fully saturated rings. The number of nitrogens with zero attached hydrogens (tertiary/aromatic N) is 1. The highest BCUT2D eigenvalue weighted by Crippen LogP contribution is 2.31. The summed E-state index contributed by atoms with van der Waals surface area (Å²) in [7, 11) is 0. The molecule has 3 rings (SSSR count). The van der Waals surface area contributed by atoms with E-state index in [4.69, 9.17) is 9.72 Å². The molecule has 2 atom stereocenters. The van der Waals surface area contributed by atoms with E-state index in [1.54, 1.807) is 0 Å². The Bertz CT molecular complexity index is 941. The van der Waals surface area contributed by atoms with Crippen LogP contribution >= 0.6 is 0 Å². The maximum atomic E-state index is 12.9. The third-order valence-corrected chi connectivity index (χ3v) is 5.29. The molecule has 0 saturated carbocycles. The van der Waals surface area contributed by atoms with E-state index in [2.05, 4.69) is 17.6 Å². The van der Waals surface area contributed by atoms with Gasteiger partial charge in [-0.25, -0.2) is 9.59 Å². The molecular weight excluding hydrogens is 370 g/mol. The minimum Gasteiger partial charge on any atom is -0.452 e. The molecule has 7 nitrogen and oxygen atoms in total. The highest BCUT2D eigenvalue weighted by molar-refractivity contribution is 6.06. The van der Waals surface area contributed by atoms with Crippen LogP contribution < -0.4 is 10.6 Å². The van der Waals surface area contributed by atoms with Gasteiger partial charge in [0.25, 0.3) is 5.91 Å². The van der Waals surface area contributed by atoms with Gasteiger partial charge in [0.2, 0.25) is 0 Å². The van der Waals surface area contributed by atoms with Crippen molar-refractivity contribution in [2.45, 2.75) is 52.5 Å². The number of urea groups is 1. The molecule has 2 aromatic rings. The number of esters is 1. The number of hydrogen-bond acceptors (Lipinski definition) is 5. The Kier molecular flexibility index (Phi) is 6.46. The topological polar surface area (TPSA) is 97.4 Å². The molecule has 1 heterocycles. The van der Waals surface area contributed by atoms with Gasteiger partial charge in [-0.1, -0.05) is 32.0 Å². The number of pyridine rings is 1. The smallest absolute Gasteiger partial charge is 0.339 e. The fraction of sp³-hybridized carbons (Fsp3) is 0.455. The van der Waals surface area contributed by atoms with Crippen LogP contribution in [0.1, 0.15) is 55.2 Å². The van der Waals surface area contributed by atoms with Crippen LogP contribution in [0.2, 0.25) is 0 Å². The normalized spacial score (nSPS) is 16.6. The average molecular weight is 397 g/mol. The van der Waals surface area contributed by atoms with Gasteiger partial charge in [-0.3, -0.25) is 15.1 Å². The van der Waals surface area contributed by atoms with Crippen LogP contribution in [0.15, 0.2) is 24.3 Å². The van der Waals surface area contributed by atoms with E-state index in [0.29, 0.717) is 11.5 Å². The zero-order valence-corrected chi connectivity index (χ0v) is 17.1. The summed E-state index contributed by atoms with van der Waals surface area (Å²) in [6.07, 6.45) is 3.34. The Labute approximate surface area is 170 Å². The van der Waals surface area contributed by atoms with Crippen molar-refractivity contribution in [2.24, 2.45) is 5.92 Å². The molecule has 3 amide bonds. The zero-order valence-electron chi connectivity index (χ0n) is 17.1. The minimum atomic E-state index is -0.667. The van der Waals surface area contributed by atoms with Crippen LogP contribution in [0.4, 0.5) is 4.79 Å². The predicted octanol–water partition coefficient (Wildman–Crippen LogP) is 3.14. The lowest BCUT2D eigenvalue weighted by atomic mass is 9.84. The second-order valence-corrected chi connectivity index (χ2v) is 7.68. The number of amides is 3. The molecule has 7 heteroatoms. The number of carbonyl (C=O) groups excluding carboxylic acids is 3. The van der Waals surface area contributed by atoms with Gasteiger partial charge in [0.05, 0.1) is 11.1 Å². The summed E-state index contributed by atoms with van der Waals surface area (Å²) in [4.78, 5) is 41.4. The lowest BCUT2D eigenvalue weighted by Crippen LogP contribution is -2.44. The fourth-order valence-corrected chi connectivity index (χ4v) is 3.52. The monoisotopic (exact) mass is 397 g/mol. The number of nitrogens with one attached hydrogen (secondary N) is 2. The van der Waals surface area contributed by atoms with Gasteiger partial charge in [0.1, 0.15) is 0 Å². The largest absolute Gasteiger partial charge is 0.452 e. The summed E-state index contributed by atoms with van der Waals surface area (Å²) < 4.78 is 5.27. The Morgan fingerprint density at radius 3 is 2.79 bits per heavy atom. The molecule has 1 aliphatic carbocycles. The molecular formula is C22H27N3O4. The standard InChI is InChI=1S/C22H27N3O4/c1-4-14(3)23-22(28)25-19(26)12-29-21(27)20-15-7-5-6-8-17(15)24-18-10-9-13(2)11-16(18)20/h5-8,13-14H,4,9-12H2,1-3H3,(H2,23,25,26,28)/t13-,14-/m0/s1. The number of rotatable bonds is 5. The van der Waals surface area contributed by atoms with Gasteiger partial charge >= 0.3 is 12.0 Å². The number of imide groups is 1. The van der Waals surface area contributed by atoms with Gasteiger partial charge in [-0.15, -0.1) is 0 Å². The molecule has 1 aliphatic rings. The van der Waals surface area contributed by atoms with E-state index in [0.717, 1.165) is 47.8 Å². The number of aryl methyl sites for hydroxylation is 1. The summed E-state index contributed by atoms with van der Waals surface area (Å²) in [6.45, 7) is 5.39. The number of hydrogen-bond donors (Lipinski definition) is 2. The van der Waals surface area contributed by atoms with E-state index in [1.807, 2.05) is 38.1 Å². The Morgan fingerprint density at radius 1 is 1.28 bits per heavy atom. The lowest BCUT2D eigenvalue weighted by molar-refractivity contribution is -0.123. The van der Waals surface area contributed by atoms with Crippen molar-refractivity contribution in [1.29, 1.82) is 0 Å². The van der Waals surface area contributed by atoms with Gasteiger partial charge in [0.15, 0.2) is 6.61 Å². The molecule has 29 heavy (non-hydrogen) atoms. The second-order valence-electron chi connectivity index (χ2n) is 7.68. The van der Waals surface area contributed by atoms with Crippen molar-refractivity contribution in [1.82, 2.24) is 15.6 Å². The van der Waals surface area contributed by atoms with Crippen molar-refractivity contribution in [3.63, 3.8) is 0 Å². The maximum absolute atomic E-state index is 12.9. The highest BCUT2D eigenvalue weighted by atomic mass is 16.5. The summed E-state index contributed by atoms with van der Waals surface area (Å²) in [5.74, 6) is -0.782. The first kappa shape index (κ1) is 20.8. The molecule has 0 unspecified atom stereocenters. The Hall–Kier alpha value is -2.96. The first-order chi connectivity index (χ1) is 13.9. The number of para-hydroxylation sites is 1. The third kappa shape index (κ3) is 4.91. The molecule has 1 aromatic carbocycles. The van der Waals surface area contributed by atoms with Crippen LogP contribution in [0.5, 0.6) is 0 Å². The van der Waals surface area contributed by atoms with Crippen molar-refractivity contribution in [2.75, 3.05) is 6.61 Å². The molecule has 0 radical (unpaired) electrons. The first-order valence-electron chi connectivity index (χ1n) is 10.1. The fourth-order valence-electron chi connectivity index (χ4n) is 3.52. The van der Waals surface area contributed by atoms with Gasteiger partial charge in [-0.2, -0.15) is 0 Å². The Morgan fingerprint density at radius 2 is 2.03 bits per heavy atom. The van der Waals surface area contributed by atoms with E-state index in [9.17, 15) is 14.4 Å². The number of aromatic nitrogens is 1. The van der Waals surface area contributed by atoms with Gasteiger partial charge in [-0.05, 0) is 50.2 Å². The number of carbonyl (C=O) groups is 3. The van der Waals surface area contributed by atoms with Crippen molar-refractivity contribution >= 4 is 28.8 Å². The second kappa shape index (κ2) is 9.03. The number of fused-ring (bicyclic) bond motifs is 2. The SMILES string of the molecule is CC[C@H](C)NC(=O)NC(=O)COC(=O)c1c2c(nc3ccccc13)CC[C@H](C)C2. The van der Waals surface area contributed by atoms with E-state index in [-0.39, 0.29) is 6.04 Å². The highest BCUT2D eigenvalue weighted by Gasteiger charge is 2.26. The van der Waals surface area contributed by atoms with Crippen molar-refractivity contribution in [3.05, 3.63) is 41.1 Å². The van der Waals surface area contributed by atoms with Crippen molar-refractivity contribution < 1.29 is 19.1 Å². The summed E-state index contributed by atoms with van der Waals surface area (Å²) >= 11 is 0. The molecule has 0 saturated heterocycles. The van der Waals surface area contributed by atoms with Crippen LogP contribution in [-0.4, -0.2) is 35.5 Å². The predicted molar refractivity (Wildman–Crippen MR) is 110 cm³/mol. The van der Waals surface area contributed by atoms with E-state index >= 15 is 0 Å². The molecule has 2 N–H and O–H groups in total. The Balaban J connectivity index is 1.76. The van der Waals surface area contributed by atoms with Crippen LogP contribution in [0.25, 0.3) is 10.9 Å². The molecule has 0 spiro atoms. The average Bonchev–Trinajstić information content (AvgIpc) is 2.70. The summed E-state index contributed by atoms with van der Waals surface area (Å²) in [5.41, 5.74) is 3.05. The van der Waals surface area contributed by atoms with Gasteiger partial charge < -0.3 is 10.1 Å². The van der Waals surface area contributed by atoms with Gasteiger partial charge in [0, 0.05) is 17.1 Å². The van der Waals surface area contributed by atoms with E-state index < -0.39 is 24.5 Å². The molecule has 1 aromatic heterocycles. The molecule has 154 valence electrons. The third-order valence-electron chi connectivity index (χ3n) is 5.29. The molecule has 0 aliphatic heterocycles. The molecule has 0 bridgehead atoms. The quantitative estimate of drug-likeness (QED) is 0.756. The van der Waals surface area contributed by atoms with Crippen molar-refractivity contribution in [3.8, 4) is 0 Å². The zero-order chi connectivity index (χ0) is 21.0. The first-order valence-corrected chi connectivity index (χ1v) is 10.1.